The van der Waals surface area contributed by atoms with E-state index < -0.39 is 11.7 Å². The number of halogens is 3. The summed E-state index contributed by atoms with van der Waals surface area (Å²) >= 11 is 0. The molecule has 0 unspecified atom stereocenters. The summed E-state index contributed by atoms with van der Waals surface area (Å²) in [4.78, 5) is 0. The van der Waals surface area contributed by atoms with Crippen molar-refractivity contribution < 1.29 is 13.2 Å². The molecule has 2 aromatic carbocycles. The summed E-state index contributed by atoms with van der Waals surface area (Å²) in [6, 6.07) is 12.2. The second-order valence-corrected chi connectivity index (χ2v) is 5.03. The van der Waals surface area contributed by atoms with Crippen LogP contribution in [0.15, 0.2) is 54.9 Å². The summed E-state index contributed by atoms with van der Waals surface area (Å²) in [7, 11) is 0. The van der Waals surface area contributed by atoms with Gasteiger partial charge < -0.3 is 5.32 Å². The van der Waals surface area contributed by atoms with Gasteiger partial charge in [-0.2, -0.15) is 13.2 Å². The Morgan fingerprint density at radius 2 is 1.72 bits per heavy atom. The molecule has 25 heavy (non-hydrogen) atoms. The Balaban J connectivity index is 1.56. The number of aromatic nitrogens is 4. The number of nitrogens with one attached hydrogen (secondary N) is 1. The minimum absolute atomic E-state index is 0.366. The average Bonchev–Trinajstić information content (AvgIpc) is 3.13. The summed E-state index contributed by atoms with van der Waals surface area (Å²) in [5.74, 6) is 5.69. The molecule has 5 nitrogen and oxygen atoms in total. The van der Waals surface area contributed by atoms with Crippen LogP contribution in [0, 0.1) is 11.8 Å². The first-order chi connectivity index (χ1) is 12.0. The van der Waals surface area contributed by atoms with Crippen LogP contribution in [0.5, 0.6) is 0 Å². The van der Waals surface area contributed by atoms with Crippen LogP contribution >= 0.6 is 0 Å². The molecule has 0 fully saturated rings. The molecule has 1 N–H and O–H groups in total. The highest BCUT2D eigenvalue weighted by atomic mass is 19.4. The molecule has 0 radical (unpaired) electrons. The van der Waals surface area contributed by atoms with Crippen molar-refractivity contribution >= 4 is 5.69 Å². The zero-order chi connectivity index (χ0) is 17.7. The van der Waals surface area contributed by atoms with E-state index in [1.165, 1.54) is 23.1 Å². The van der Waals surface area contributed by atoms with Gasteiger partial charge in [0.15, 0.2) is 0 Å². The molecule has 0 bridgehead atoms. The molecule has 3 rings (SSSR count). The van der Waals surface area contributed by atoms with E-state index in [9.17, 15) is 13.2 Å². The molecule has 0 aliphatic carbocycles. The Morgan fingerprint density at radius 1 is 1.00 bits per heavy atom. The highest BCUT2D eigenvalue weighted by molar-refractivity contribution is 5.49. The first kappa shape index (κ1) is 16.5. The fourth-order valence-corrected chi connectivity index (χ4v) is 2.05. The molecule has 0 spiro atoms. The van der Waals surface area contributed by atoms with Gasteiger partial charge in [0.2, 0.25) is 0 Å². The Kier molecular flexibility index (Phi) is 4.66. The van der Waals surface area contributed by atoms with Gasteiger partial charge >= 0.3 is 6.18 Å². The van der Waals surface area contributed by atoms with E-state index in [0.717, 1.165) is 23.5 Å². The maximum Gasteiger partial charge on any atom is 0.416 e. The fraction of sp³-hybridized carbons (Fsp3) is 0.118. The van der Waals surface area contributed by atoms with E-state index in [4.69, 9.17) is 0 Å². The van der Waals surface area contributed by atoms with Crippen molar-refractivity contribution in [2.24, 2.45) is 0 Å². The molecule has 1 aromatic heterocycles. The monoisotopic (exact) mass is 343 g/mol. The first-order valence-electron chi connectivity index (χ1n) is 7.26. The molecule has 0 aliphatic rings. The van der Waals surface area contributed by atoms with Crippen LogP contribution in [0.2, 0.25) is 0 Å². The second kappa shape index (κ2) is 7.05. The minimum Gasteiger partial charge on any atom is -0.374 e. The number of tetrazole rings is 1. The van der Waals surface area contributed by atoms with Gasteiger partial charge in [-0.25, -0.2) is 4.68 Å². The third-order valence-electron chi connectivity index (χ3n) is 3.31. The third kappa shape index (κ3) is 4.35. The number of benzene rings is 2. The van der Waals surface area contributed by atoms with Crippen molar-refractivity contribution in [3.8, 4) is 17.5 Å². The lowest BCUT2D eigenvalue weighted by Gasteiger charge is -2.05. The zero-order valence-electron chi connectivity index (χ0n) is 12.8. The van der Waals surface area contributed by atoms with Gasteiger partial charge in [-0.1, -0.05) is 11.8 Å². The molecular weight excluding hydrogens is 331 g/mol. The van der Waals surface area contributed by atoms with Crippen molar-refractivity contribution in [2.45, 2.75) is 6.18 Å². The predicted octanol–water partition coefficient (Wildman–Crippen LogP) is 3.14. The number of hydrogen-bond acceptors (Lipinski definition) is 4. The summed E-state index contributed by atoms with van der Waals surface area (Å²) < 4.78 is 39.0. The van der Waals surface area contributed by atoms with Crippen LogP contribution < -0.4 is 5.32 Å². The van der Waals surface area contributed by atoms with Crippen LogP contribution in [0.4, 0.5) is 18.9 Å². The Hall–Kier alpha value is -3.34. The molecule has 0 amide bonds. The quantitative estimate of drug-likeness (QED) is 0.743. The summed E-state index contributed by atoms with van der Waals surface area (Å²) in [6.45, 7) is 0.366. The standard InChI is InChI=1S/C17H12F3N5/c18-17(19,20)14-5-3-13(4-6-14)2-1-11-21-15-7-9-16(10-8-15)25-12-22-23-24-25/h3-10,12,21H,11H2. The molecule has 8 heteroatoms. The van der Waals surface area contributed by atoms with Gasteiger partial charge in [0.25, 0.3) is 0 Å². The topological polar surface area (TPSA) is 55.6 Å². The Labute approximate surface area is 141 Å². The molecule has 1 heterocycles. The van der Waals surface area contributed by atoms with E-state index in [2.05, 4.69) is 32.7 Å². The molecule has 3 aromatic rings. The van der Waals surface area contributed by atoms with E-state index in [-0.39, 0.29) is 0 Å². The van der Waals surface area contributed by atoms with Gasteiger partial charge in [0.1, 0.15) is 6.33 Å². The van der Waals surface area contributed by atoms with E-state index >= 15 is 0 Å². The summed E-state index contributed by atoms with van der Waals surface area (Å²) in [6.07, 6.45) is -2.83. The van der Waals surface area contributed by atoms with Crippen LogP contribution in [0.25, 0.3) is 5.69 Å². The smallest absolute Gasteiger partial charge is 0.374 e. The second-order valence-electron chi connectivity index (χ2n) is 5.03. The molecule has 0 aliphatic heterocycles. The van der Waals surface area contributed by atoms with Crippen LogP contribution in [0.3, 0.4) is 0 Å². The Morgan fingerprint density at radius 3 is 2.32 bits per heavy atom. The van der Waals surface area contributed by atoms with Gasteiger partial charge in [-0.05, 0) is 59.0 Å². The average molecular weight is 343 g/mol. The number of alkyl halides is 3. The van der Waals surface area contributed by atoms with Gasteiger partial charge in [-0.3, -0.25) is 0 Å². The number of anilines is 1. The largest absolute Gasteiger partial charge is 0.416 e. The fourth-order valence-electron chi connectivity index (χ4n) is 2.05. The minimum atomic E-state index is -4.33. The van der Waals surface area contributed by atoms with Crippen molar-refractivity contribution in [3.05, 3.63) is 66.0 Å². The highest BCUT2D eigenvalue weighted by Crippen LogP contribution is 2.28. The van der Waals surface area contributed by atoms with E-state index in [1.807, 2.05) is 24.3 Å². The molecule has 0 saturated carbocycles. The molecule has 126 valence electrons. The number of rotatable bonds is 3. The first-order valence-corrected chi connectivity index (χ1v) is 7.26. The number of hydrogen-bond donors (Lipinski definition) is 1. The van der Waals surface area contributed by atoms with Crippen molar-refractivity contribution in [2.75, 3.05) is 11.9 Å². The van der Waals surface area contributed by atoms with Gasteiger partial charge in [-0.15, -0.1) is 5.10 Å². The Bertz CT molecular complexity index is 873. The highest BCUT2D eigenvalue weighted by Gasteiger charge is 2.29. The van der Waals surface area contributed by atoms with Crippen LogP contribution in [0.1, 0.15) is 11.1 Å². The maximum absolute atomic E-state index is 12.5. The molecular formula is C17H12F3N5. The summed E-state index contributed by atoms with van der Waals surface area (Å²) in [5, 5.41) is 14.0. The van der Waals surface area contributed by atoms with E-state index in [1.54, 1.807) is 0 Å². The molecule has 0 saturated heterocycles. The van der Waals surface area contributed by atoms with E-state index in [0.29, 0.717) is 12.1 Å². The normalized spacial score (nSPS) is 10.8. The van der Waals surface area contributed by atoms with Crippen molar-refractivity contribution in [3.63, 3.8) is 0 Å². The van der Waals surface area contributed by atoms with Crippen LogP contribution in [-0.2, 0) is 6.18 Å². The SMILES string of the molecule is FC(F)(F)c1ccc(C#CCNc2ccc(-n3cnnn3)cc2)cc1. The zero-order valence-corrected chi connectivity index (χ0v) is 12.8. The molecule has 0 atom stereocenters. The third-order valence-corrected chi connectivity index (χ3v) is 3.31. The van der Waals surface area contributed by atoms with Crippen LogP contribution in [-0.4, -0.2) is 26.8 Å². The van der Waals surface area contributed by atoms with Crippen molar-refractivity contribution in [1.29, 1.82) is 0 Å². The maximum atomic E-state index is 12.5. The predicted molar refractivity (Wildman–Crippen MR) is 86.0 cm³/mol. The summed E-state index contributed by atoms with van der Waals surface area (Å²) in [5.41, 5.74) is 1.53. The van der Waals surface area contributed by atoms with Gasteiger partial charge in [0.05, 0.1) is 17.8 Å². The van der Waals surface area contributed by atoms with Crippen molar-refractivity contribution in [1.82, 2.24) is 20.2 Å². The lowest BCUT2D eigenvalue weighted by Crippen LogP contribution is -2.04. The lowest BCUT2D eigenvalue weighted by atomic mass is 10.1. The lowest BCUT2D eigenvalue weighted by molar-refractivity contribution is -0.137. The van der Waals surface area contributed by atoms with Gasteiger partial charge in [0, 0.05) is 11.3 Å². The number of nitrogens with zero attached hydrogens (tertiary/aromatic N) is 4.